The molecule has 21 heavy (non-hydrogen) atoms. The summed E-state index contributed by atoms with van der Waals surface area (Å²) in [5.74, 6) is -0.365. The number of para-hydroxylation sites is 1. The summed E-state index contributed by atoms with van der Waals surface area (Å²) in [6.45, 7) is 6.41. The number of alkyl halides is 1. The van der Waals surface area contributed by atoms with E-state index in [9.17, 15) is 14.9 Å². The number of carbonyl (C=O) groups excluding carboxylic acids is 1. The van der Waals surface area contributed by atoms with Gasteiger partial charge in [-0.1, -0.05) is 35.8 Å². The van der Waals surface area contributed by atoms with E-state index in [4.69, 9.17) is 4.74 Å². The molecule has 1 rings (SSSR count). The van der Waals surface area contributed by atoms with Crippen molar-refractivity contribution in [3.63, 3.8) is 0 Å². The lowest BCUT2D eigenvalue weighted by Gasteiger charge is -2.22. The molecule has 1 aromatic carbocycles. The van der Waals surface area contributed by atoms with Crippen LogP contribution >= 0.6 is 15.9 Å². The van der Waals surface area contributed by atoms with Crippen molar-refractivity contribution in [2.24, 2.45) is 5.41 Å². The van der Waals surface area contributed by atoms with Gasteiger partial charge in [-0.15, -0.1) is 0 Å². The molecule has 1 aromatic rings. The van der Waals surface area contributed by atoms with Crippen LogP contribution in [0.2, 0.25) is 0 Å². The first-order chi connectivity index (χ1) is 9.82. The summed E-state index contributed by atoms with van der Waals surface area (Å²) in [4.78, 5) is 22.7. The molecule has 0 unspecified atom stereocenters. The number of hydrogen-bond acceptors (Lipinski definition) is 4. The van der Waals surface area contributed by atoms with Crippen molar-refractivity contribution in [1.29, 1.82) is 0 Å². The maximum atomic E-state index is 12.2. The van der Waals surface area contributed by atoms with Crippen LogP contribution in [-0.4, -0.2) is 29.3 Å². The first-order valence-electron chi connectivity index (χ1n) is 6.56. The lowest BCUT2D eigenvalue weighted by molar-refractivity contribution is -0.385. The molecule has 0 fully saturated rings. The van der Waals surface area contributed by atoms with Gasteiger partial charge >= 0.3 is 5.69 Å². The second-order valence-electron chi connectivity index (χ2n) is 5.32. The van der Waals surface area contributed by atoms with E-state index >= 15 is 0 Å². The number of nitrogens with one attached hydrogen (secondary N) is 1. The molecule has 0 saturated carbocycles. The van der Waals surface area contributed by atoms with Gasteiger partial charge in [-0.3, -0.25) is 14.9 Å². The average Bonchev–Trinajstić information content (AvgIpc) is 2.45. The van der Waals surface area contributed by atoms with Gasteiger partial charge in [-0.05, 0) is 18.4 Å². The van der Waals surface area contributed by atoms with Gasteiger partial charge in [0.15, 0.2) is 0 Å². The minimum absolute atomic E-state index is 0.0131. The molecular weight excluding hydrogens is 340 g/mol. The van der Waals surface area contributed by atoms with Crippen molar-refractivity contribution in [3.8, 4) is 5.75 Å². The molecule has 0 atom stereocenters. The molecule has 0 aliphatic heterocycles. The van der Waals surface area contributed by atoms with Crippen molar-refractivity contribution in [1.82, 2.24) is 5.32 Å². The Morgan fingerprint density at radius 2 is 2.14 bits per heavy atom. The highest BCUT2D eigenvalue weighted by molar-refractivity contribution is 9.09. The number of nitrogens with zero attached hydrogens (tertiary/aromatic N) is 1. The van der Waals surface area contributed by atoms with Crippen LogP contribution in [0.15, 0.2) is 18.2 Å². The summed E-state index contributed by atoms with van der Waals surface area (Å²) in [6, 6.07) is 4.32. The second-order valence-corrected chi connectivity index (χ2v) is 5.89. The Hall–Kier alpha value is -1.63. The predicted molar refractivity (Wildman–Crippen MR) is 84.2 cm³/mol. The average molecular weight is 359 g/mol. The molecule has 0 radical (unpaired) electrons. The lowest BCUT2D eigenvalue weighted by atomic mass is 9.96. The van der Waals surface area contributed by atoms with Crippen molar-refractivity contribution in [3.05, 3.63) is 33.9 Å². The molecule has 1 N–H and O–H groups in total. The molecule has 0 aromatic heterocycles. The third-order valence-corrected chi connectivity index (χ3v) is 4.33. The Morgan fingerprint density at radius 1 is 1.48 bits per heavy atom. The maximum absolute atomic E-state index is 12.2. The number of carbonyl (C=O) groups is 1. The highest BCUT2D eigenvalue weighted by Gasteiger charge is 2.24. The van der Waals surface area contributed by atoms with Gasteiger partial charge in [0, 0.05) is 17.9 Å². The van der Waals surface area contributed by atoms with E-state index in [1.165, 1.54) is 18.2 Å². The zero-order chi connectivity index (χ0) is 16.0. The highest BCUT2D eigenvalue weighted by atomic mass is 79.9. The van der Waals surface area contributed by atoms with Crippen LogP contribution in [0.4, 0.5) is 5.69 Å². The maximum Gasteiger partial charge on any atom is 0.311 e. The zero-order valence-electron chi connectivity index (χ0n) is 12.3. The monoisotopic (exact) mass is 358 g/mol. The van der Waals surface area contributed by atoms with Crippen molar-refractivity contribution >= 4 is 27.5 Å². The minimum atomic E-state index is -0.551. The Labute approximate surface area is 132 Å². The van der Waals surface area contributed by atoms with Gasteiger partial charge < -0.3 is 10.1 Å². The van der Waals surface area contributed by atoms with E-state index in [1.54, 1.807) is 6.92 Å². The summed E-state index contributed by atoms with van der Waals surface area (Å²) in [5, 5.41) is 14.5. The number of rotatable bonds is 7. The number of amides is 1. The normalized spacial score (nSPS) is 11.0. The standard InChI is InChI=1S/C14H19BrN2O4/c1-4-21-12-10(6-5-7-11(12)17(19)20)13(18)16-9-14(2,3)8-15/h5-7H,4,8-9H2,1-3H3,(H,16,18). The predicted octanol–water partition coefficient (Wildman–Crippen LogP) is 3.14. The number of halogens is 1. The highest BCUT2D eigenvalue weighted by Crippen LogP contribution is 2.31. The van der Waals surface area contributed by atoms with Crippen molar-refractivity contribution in [2.75, 3.05) is 18.5 Å². The van der Waals surface area contributed by atoms with Crippen LogP contribution in [-0.2, 0) is 0 Å². The molecular formula is C14H19BrN2O4. The van der Waals surface area contributed by atoms with Crippen molar-refractivity contribution < 1.29 is 14.5 Å². The second kappa shape index (κ2) is 7.40. The number of nitro benzene ring substituents is 1. The Morgan fingerprint density at radius 3 is 2.67 bits per heavy atom. The van der Waals surface area contributed by atoms with Gasteiger partial charge in [0.1, 0.15) is 0 Å². The molecule has 0 saturated heterocycles. The quantitative estimate of drug-likeness (QED) is 0.461. The van der Waals surface area contributed by atoms with E-state index in [-0.39, 0.29) is 34.9 Å². The van der Waals surface area contributed by atoms with E-state index < -0.39 is 4.92 Å². The summed E-state index contributed by atoms with van der Waals surface area (Å²) in [7, 11) is 0. The molecule has 0 aliphatic rings. The van der Waals surface area contributed by atoms with Gasteiger partial charge in [0.05, 0.1) is 17.1 Å². The summed E-state index contributed by atoms with van der Waals surface area (Å²) in [5.41, 5.74) is -0.136. The number of nitro groups is 1. The largest absolute Gasteiger partial charge is 0.487 e. The zero-order valence-corrected chi connectivity index (χ0v) is 13.9. The SMILES string of the molecule is CCOc1c(C(=O)NCC(C)(C)CBr)cccc1[N+](=O)[O-]. The molecule has 6 nitrogen and oxygen atoms in total. The van der Waals surface area contributed by atoms with Crippen LogP contribution in [0, 0.1) is 15.5 Å². The number of ether oxygens (including phenoxy) is 1. The van der Waals surface area contributed by atoms with E-state index in [2.05, 4.69) is 21.2 Å². The summed E-state index contributed by atoms with van der Waals surface area (Å²) in [6.07, 6.45) is 0. The molecule has 0 aliphatic carbocycles. The van der Waals surface area contributed by atoms with Crippen LogP contribution in [0.5, 0.6) is 5.75 Å². The van der Waals surface area contributed by atoms with E-state index in [0.29, 0.717) is 6.54 Å². The number of benzene rings is 1. The molecule has 0 spiro atoms. The Balaban J connectivity index is 3.03. The van der Waals surface area contributed by atoms with Crippen LogP contribution < -0.4 is 10.1 Å². The minimum Gasteiger partial charge on any atom is -0.487 e. The van der Waals surface area contributed by atoms with Gasteiger partial charge in [0.25, 0.3) is 5.91 Å². The molecule has 116 valence electrons. The molecule has 1 amide bonds. The van der Waals surface area contributed by atoms with Gasteiger partial charge in [-0.25, -0.2) is 0 Å². The van der Waals surface area contributed by atoms with Gasteiger partial charge in [-0.2, -0.15) is 0 Å². The Kier molecular flexibility index (Phi) is 6.14. The fourth-order valence-corrected chi connectivity index (χ4v) is 1.80. The summed E-state index contributed by atoms with van der Waals surface area (Å²) < 4.78 is 5.30. The number of hydrogen-bond donors (Lipinski definition) is 1. The van der Waals surface area contributed by atoms with Crippen LogP contribution in [0.25, 0.3) is 0 Å². The van der Waals surface area contributed by atoms with E-state index in [1.807, 2.05) is 13.8 Å². The molecule has 7 heteroatoms. The van der Waals surface area contributed by atoms with Crippen LogP contribution in [0.3, 0.4) is 0 Å². The smallest absolute Gasteiger partial charge is 0.311 e. The fourth-order valence-electron chi connectivity index (χ4n) is 1.61. The fraction of sp³-hybridized carbons (Fsp3) is 0.500. The van der Waals surface area contributed by atoms with E-state index in [0.717, 1.165) is 5.33 Å². The third-order valence-electron chi connectivity index (χ3n) is 2.81. The molecule has 0 heterocycles. The third kappa shape index (κ3) is 4.70. The van der Waals surface area contributed by atoms with Crippen LogP contribution in [0.1, 0.15) is 31.1 Å². The topological polar surface area (TPSA) is 81.5 Å². The van der Waals surface area contributed by atoms with Gasteiger partial charge in [0.2, 0.25) is 5.75 Å². The Bertz CT molecular complexity index is 532. The van der Waals surface area contributed by atoms with Crippen molar-refractivity contribution in [2.45, 2.75) is 20.8 Å². The first-order valence-corrected chi connectivity index (χ1v) is 7.69. The molecule has 0 bridgehead atoms. The summed E-state index contributed by atoms with van der Waals surface area (Å²) >= 11 is 3.38. The first kappa shape index (κ1) is 17.4. The lowest BCUT2D eigenvalue weighted by Crippen LogP contribution is -2.35.